The maximum Gasteiger partial charge on any atom is 0.0998 e. The second-order valence-corrected chi connectivity index (χ2v) is 39.3. The van der Waals surface area contributed by atoms with Gasteiger partial charge in [-0.2, -0.15) is 15.8 Å². The topological polar surface area (TPSA) is 101 Å². The summed E-state index contributed by atoms with van der Waals surface area (Å²) in [5, 5.41) is 53.1. The molecule has 0 aliphatic carbocycles. The predicted molar refractivity (Wildman–Crippen MR) is 594 cm³/mol. The molecule has 30 aromatic rings. The largest absolute Gasteiger partial charge is 0.309 e. The Labute approximate surface area is 819 Å². The Balaban J connectivity index is 0.000000104. The molecular formula is C129H75N9S3. The van der Waals surface area contributed by atoms with E-state index in [2.05, 4.69) is 464 Å². The van der Waals surface area contributed by atoms with Crippen molar-refractivity contribution in [1.82, 2.24) is 27.4 Å². The van der Waals surface area contributed by atoms with Crippen LogP contribution in [0.4, 0.5) is 0 Å². The first kappa shape index (κ1) is 81.0. The maximum absolute atomic E-state index is 10.5. The van der Waals surface area contributed by atoms with Crippen LogP contribution >= 0.6 is 34.0 Å². The van der Waals surface area contributed by atoms with E-state index >= 15 is 0 Å². The molecule has 9 aromatic heterocycles. The first-order valence-corrected chi connectivity index (χ1v) is 49.7. The highest BCUT2D eigenvalue weighted by Crippen LogP contribution is 2.52. The molecule has 0 unspecified atom stereocenters. The minimum atomic E-state index is 0.636. The van der Waals surface area contributed by atoms with Crippen LogP contribution in [-0.4, -0.2) is 27.4 Å². The van der Waals surface area contributed by atoms with Gasteiger partial charge in [0.05, 0.1) is 118 Å². The van der Waals surface area contributed by atoms with Crippen molar-refractivity contribution < 1.29 is 0 Å². The summed E-state index contributed by atoms with van der Waals surface area (Å²) in [6.45, 7) is 0. The van der Waals surface area contributed by atoms with E-state index in [4.69, 9.17) is 0 Å². The molecule has 30 rings (SSSR count). The molecule has 12 heteroatoms. The Morgan fingerprint density at radius 1 is 0.177 bits per heavy atom. The molecule has 0 spiro atoms. The first-order valence-electron chi connectivity index (χ1n) is 47.3. The number of benzene rings is 21. The van der Waals surface area contributed by atoms with Gasteiger partial charge in [0.1, 0.15) is 0 Å². The molecule has 0 fully saturated rings. The highest BCUT2D eigenvalue weighted by atomic mass is 32.1. The maximum atomic E-state index is 10.5. The lowest BCUT2D eigenvalue weighted by Crippen LogP contribution is -2.00. The summed E-state index contributed by atoms with van der Waals surface area (Å²) < 4.78 is 22.0. The number of nitriles is 3. The van der Waals surface area contributed by atoms with E-state index in [0.717, 1.165) is 117 Å². The predicted octanol–water partition coefficient (Wildman–Crippen LogP) is 35.4. The molecule has 0 atom stereocenters. The van der Waals surface area contributed by atoms with Gasteiger partial charge in [0.25, 0.3) is 0 Å². The molecule has 0 amide bonds. The van der Waals surface area contributed by atoms with Crippen molar-refractivity contribution in [2.24, 2.45) is 0 Å². The van der Waals surface area contributed by atoms with Crippen molar-refractivity contribution in [3.63, 3.8) is 0 Å². The van der Waals surface area contributed by atoms with Gasteiger partial charge in [-0.1, -0.05) is 285 Å². The van der Waals surface area contributed by atoms with Gasteiger partial charge in [0.15, 0.2) is 0 Å². The third-order valence-corrected chi connectivity index (χ3v) is 32.3. The lowest BCUT2D eigenvalue weighted by Gasteiger charge is -2.16. The summed E-state index contributed by atoms with van der Waals surface area (Å²) >= 11 is 5.61. The standard InChI is InChI=1S/3C43H25N3S/c44-26-28-11-10-19-37(46-35-17-7-4-14-30(35)31-15-5-8-18-36(31)46)41(28)27-21-22-34-39(25-27)45(29-12-2-1-3-13-29)38-24-23-33-32-16-6-9-20-40(32)47-43(33)42(34)38;44-26-27-18-22-38(46-36-15-7-4-12-30(36)31-13-5-8-16-37(31)46)35(24-27)28-19-20-34-40(25-28)45(29-10-2-1-3-11-29)39-23-21-33-32-14-6-9-17-41(32)47-43(33)42(34)39;44-26-27-18-20-30(39(24-27)46-36-15-7-4-12-31(36)32-13-5-8-16-37(32)46)28-19-21-35-40(25-28)45(29-10-2-1-3-11-29)38-23-22-34-33-14-6-9-17-41(33)47-43(34)42(35)38/h3*1-25H. The van der Waals surface area contributed by atoms with Gasteiger partial charge < -0.3 is 27.4 Å². The van der Waals surface area contributed by atoms with Crippen LogP contribution in [0, 0.1) is 34.0 Å². The van der Waals surface area contributed by atoms with Crippen molar-refractivity contribution in [3.8, 4) is 85.7 Å². The number of hydrogen-bond donors (Lipinski definition) is 0. The average molecular weight is 1850 g/mol. The highest BCUT2D eigenvalue weighted by molar-refractivity contribution is 7.27. The van der Waals surface area contributed by atoms with Crippen LogP contribution in [0.15, 0.2) is 455 Å². The number of para-hydroxylation sites is 9. The molecule has 0 radical (unpaired) electrons. The fourth-order valence-corrected chi connectivity index (χ4v) is 26.4. The normalized spacial score (nSPS) is 11.8. The van der Waals surface area contributed by atoms with E-state index in [1.54, 1.807) is 0 Å². The molecule has 0 bridgehead atoms. The van der Waals surface area contributed by atoms with Crippen LogP contribution in [0.1, 0.15) is 16.7 Å². The van der Waals surface area contributed by atoms with Gasteiger partial charge in [-0.15, -0.1) is 34.0 Å². The monoisotopic (exact) mass is 1850 g/mol. The van der Waals surface area contributed by atoms with E-state index in [0.29, 0.717) is 16.7 Å². The number of rotatable bonds is 9. The van der Waals surface area contributed by atoms with E-state index < -0.39 is 0 Å². The third kappa shape index (κ3) is 12.5. The average Bonchev–Trinajstić information content (AvgIpc) is 1.56. The van der Waals surface area contributed by atoms with Crippen LogP contribution in [0.2, 0.25) is 0 Å². The van der Waals surface area contributed by atoms with Gasteiger partial charge in [-0.3, -0.25) is 0 Å². The Bertz CT molecular complexity index is 10400. The van der Waals surface area contributed by atoms with Gasteiger partial charge in [-0.05, 0) is 187 Å². The molecule has 9 nitrogen and oxygen atoms in total. The number of aromatic nitrogens is 6. The number of thiophene rings is 3. The Hall–Kier alpha value is -18.5. The molecule has 0 saturated carbocycles. The quantitative estimate of drug-likeness (QED) is 0.144. The van der Waals surface area contributed by atoms with Crippen molar-refractivity contribution >= 4 is 225 Å². The second-order valence-electron chi connectivity index (χ2n) is 36.1. The molecule has 0 aliphatic rings. The SMILES string of the molecule is N#Cc1ccc(-c2ccc3c4c5sc6ccccc6c5ccc4n(-c4ccccc4)c3c2)c(-n2c3ccccc3c3ccccc32)c1.N#Cc1ccc(-n2c3ccccc3c3ccccc32)c(-c2ccc3c4c5sc6ccccc6c5ccc4n(-c4ccccc4)c3c2)c1.N#Cc1cccc(-n2c3ccccc3c3ccccc32)c1-c1ccc2c3c4sc5ccccc5c4ccc3n(-c3ccccc3)c2c1. The summed E-state index contributed by atoms with van der Waals surface area (Å²) in [7, 11) is 0. The number of fused-ring (bicyclic) bond motifs is 30. The van der Waals surface area contributed by atoms with Crippen LogP contribution < -0.4 is 0 Å². The minimum Gasteiger partial charge on any atom is -0.309 e. The van der Waals surface area contributed by atoms with Gasteiger partial charge in [0.2, 0.25) is 0 Å². The fraction of sp³-hybridized carbons (Fsp3) is 0. The van der Waals surface area contributed by atoms with Crippen molar-refractivity contribution in [1.29, 1.82) is 15.8 Å². The van der Waals surface area contributed by atoms with Crippen molar-refractivity contribution in [2.45, 2.75) is 0 Å². The number of hydrogen-bond acceptors (Lipinski definition) is 6. The van der Waals surface area contributed by atoms with Crippen molar-refractivity contribution in [3.05, 3.63) is 472 Å². The van der Waals surface area contributed by atoms with E-state index in [1.807, 2.05) is 70.4 Å². The summed E-state index contributed by atoms with van der Waals surface area (Å²) in [6.07, 6.45) is 0. The van der Waals surface area contributed by atoms with Gasteiger partial charge in [0, 0.05) is 159 Å². The Kier molecular flexibility index (Phi) is 18.6. The molecule has 9 heterocycles. The number of nitrogens with zero attached hydrogens (tertiary/aromatic N) is 9. The fourth-order valence-electron chi connectivity index (χ4n) is 22.6. The minimum absolute atomic E-state index is 0.636. The zero-order valence-electron chi connectivity index (χ0n) is 75.6. The molecule has 0 saturated heterocycles. The summed E-state index contributed by atoms with van der Waals surface area (Å²) in [5.74, 6) is 0. The van der Waals surface area contributed by atoms with Gasteiger partial charge in [-0.25, -0.2) is 0 Å². The van der Waals surface area contributed by atoms with Crippen LogP contribution in [0.25, 0.3) is 259 Å². The zero-order valence-corrected chi connectivity index (χ0v) is 78.0. The molecule has 21 aromatic carbocycles. The summed E-state index contributed by atoms with van der Waals surface area (Å²) in [6, 6.07) is 169. The van der Waals surface area contributed by atoms with Crippen LogP contribution in [-0.2, 0) is 0 Å². The Morgan fingerprint density at radius 2 is 0.489 bits per heavy atom. The zero-order chi connectivity index (χ0) is 93.2. The third-order valence-electron chi connectivity index (χ3n) is 28.7. The first-order chi connectivity index (χ1) is 69.9. The van der Waals surface area contributed by atoms with Crippen molar-refractivity contribution in [2.75, 3.05) is 0 Å². The molecule has 141 heavy (non-hydrogen) atoms. The highest BCUT2D eigenvalue weighted by Gasteiger charge is 2.28. The second kappa shape index (κ2) is 32.4. The smallest absolute Gasteiger partial charge is 0.0998 e. The van der Waals surface area contributed by atoms with E-state index in [9.17, 15) is 15.8 Å². The molecule has 0 aliphatic heterocycles. The lowest BCUT2D eigenvalue weighted by molar-refractivity contribution is 1.17. The Morgan fingerprint density at radius 3 is 0.872 bits per heavy atom. The summed E-state index contributed by atoms with van der Waals surface area (Å²) in [5.41, 5.74) is 28.3. The van der Waals surface area contributed by atoms with Crippen LogP contribution in [0.3, 0.4) is 0 Å². The molecular weight excluding hydrogens is 1770 g/mol. The van der Waals surface area contributed by atoms with E-state index in [1.165, 1.54) is 142 Å². The van der Waals surface area contributed by atoms with E-state index in [-0.39, 0.29) is 0 Å². The summed E-state index contributed by atoms with van der Waals surface area (Å²) in [4.78, 5) is 0. The van der Waals surface area contributed by atoms with Gasteiger partial charge >= 0.3 is 0 Å². The molecule has 0 N–H and O–H groups in total. The molecule has 654 valence electrons. The lowest BCUT2D eigenvalue weighted by atomic mass is 9.96. The van der Waals surface area contributed by atoms with Crippen LogP contribution in [0.5, 0.6) is 0 Å².